The number of hydrogen-bond donors (Lipinski definition) is 1. The molecule has 2 aromatic heterocycles. The van der Waals surface area contributed by atoms with Gasteiger partial charge in [-0.15, -0.1) is 0 Å². The Morgan fingerprint density at radius 1 is 1.36 bits per heavy atom. The van der Waals surface area contributed by atoms with Gasteiger partial charge in [0.05, 0.1) is 12.0 Å². The van der Waals surface area contributed by atoms with Crippen molar-refractivity contribution in [3.05, 3.63) is 18.0 Å². The first kappa shape index (κ1) is 8.99. The zero-order valence-electron chi connectivity index (χ0n) is 8.53. The van der Waals surface area contributed by atoms with Gasteiger partial charge < -0.3 is 9.73 Å². The third-order valence-corrected chi connectivity index (χ3v) is 1.89. The van der Waals surface area contributed by atoms with Crippen molar-refractivity contribution in [3.8, 4) is 0 Å². The van der Waals surface area contributed by atoms with Gasteiger partial charge in [-0.2, -0.15) is 0 Å². The Hall–Kier alpha value is -1.58. The van der Waals surface area contributed by atoms with Gasteiger partial charge in [-0.3, -0.25) is 0 Å². The van der Waals surface area contributed by atoms with Crippen LogP contribution in [0, 0.1) is 6.92 Å². The van der Waals surface area contributed by atoms with Crippen LogP contribution in [0.15, 0.2) is 16.7 Å². The topological polar surface area (TPSA) is 51.0 Å². The summed E-state index contributed by atoms with van der Waals surface area (Å²) in [4.78, 5) is 8.62. The van der Waals surface area contributed by atoms with E-state index in [-0.39, 0.29) is 0 Å². The highest BCUT2D eigenvalue weighted by Gasteiger charge is 2.07. The first-order valence-electron chi connectivity index (χ1n) is 4.65. The largest absolute Gasteiger partial charge is 0.461 e. The molecule has 0 aliphatic heterocycles. The summed E-state index contributed by atoms with van der Waals surface area (Å²) >= 11 is 0. The van der Waals surface area contributed by atoms with Crippen LogP contribution in [0.2, 0.25) is 0 Å². The Kier molecular flexibility index (Phi) is 2.11. The van der Waals surface area contributed by atoms with E-state index in [0.29, 0.717) is 12.0 Å². The quantitative estimate of drug-likeness (QED) is 0.791. The number of fused-ring (bicyclic) bond motifs is 1. The van der Waals surface area contributed by atoms with Crippen LogP contribution in [0.5, 0.6) is 0 Å². The average Bonchev–Trinajstić information content (AvgIpc) is 2.50. The predicted octanol–water partition coefficient (Wildman–Crippen LogP) is 2.35. The highest BCUT2D eigenvalue weighted by molar-refractivity contribution is 5.75. The molecule has 2 rings (SSSR count). The van der Waals surface area contributed by atoms with E-state index >= 15 is 0 Å². The van der Waals surface area contributed by atoms with Crippen molar-refractivity contribution in [1.29, 1.82) is 0 Å². The minimum absolute atomic E-state index is 0.332. The van der Waals surface area contributed by atoms with Crippen LogP contribution in [-0.4, -0.2) is 16.0 Å². The number of anilines is 1. The molecule has 0 bridgehead atoms. The van der Waals surface area contributed by atoms with E-state index < -0.39 is 0 Å². The SMILES string of the molecule is Cc1nc(NC(C)C)nc2ccoc12. The Morgan fingerprint density at radius 2 is 2.14 bits per heavy atom. The van der Waals surface area contributed by atoms with Crippen molar-refractivity contribution in [2.24, 2.45) is 0 Å². The molecule has 1 N–H and O–H groups in total. The molecule has 0 aromatic carbocycles. The number of hydrogen-bond acceptors (Lipinski definition) is 4. The monoisotopic (exact) mass is 191 g/mol. The molecule has 0 saturated heterocycles. The van der Waals surface area contributed by atoms with E-state index in [0.717, 1.165) is 16.8 Å². The molecular weight excluding hydrogens is 178 g/mol. The van der Waals surface area contributed by atoms with Gasteiger partial charge in [-0.25, -0.2) is 9.97 Å². The van der Waals surface area contributed by atoms with Crippen molar-refractivity contribution < 1.29 is 4.42 Å². The van der Waals surface area contributed by atoms with Gasteiger partial charge in [0.1, 0.15) is 5.52 Å². The lowest BCUT2D eigenvalue weighted by atomic mass is 10.3. The fourth-order valence-corrected chi connectivity index (χ4v) is 1.33. The highest BCUT2D eigenvalue weighted by atomic mass is 16.3. The lowest BCUT2D eigenvalue weighted by Crippen LogP contribution is -2.12. The number of furan rings is 1. The van der Waals surface area contributed by atoms with Gasteiger partial charge >= 0.3 is 0 Å². The molecule has 0 aliphatic rings. The second-order valence-corrected chi connectivity index (χ2v) is 3.57. The molecule has 2 aromatic rings. The number of aromatic nitrogens is 2. The molecule has 0 radical (unpaired) electrons. The summed E-state index contributed by atoms with van der Waals surface area (Å²) in [5, 5.41) is 3.16. The van der Waals surface area contributed by atoms with Crippen LogP contribution in [-0.2, 0) is 0 Å². The maximum absolute atomic E-state index is 5.26. The Labute approximate surface area is 82.4 Å². The minimum atomic E-state index is 0.332. The fourth-order valence-electron chi connectivity index (χ4n) is 1.33. The zero-order chi connectivity index (χ0) is 10.1. The smallest absolute Gasteiger partial charge is 0.223 e. The molecule has 0 spiro atoms. The number of aryl methyl sites for hydroxylation is 1. The standard InChI is InChI=1S/C10H13N3O/c1-6(2)11-10-12-7(3)9-8(13-10)4-5-14-9/h4-6H,1-3H3,(H,11,12,13). The predicted molar refractivity (Wildman–Crippen MR) is 55.3 cm³/mol. The molecule has 74 valence electrons. The molecule has 4 heteroatoms. The van der Waals surface area contributed by atoms with Gasteiger partial charge in [-0.05, 0) is 20.8 Å². The number of nitrogens with zero attached hydrogens (tertiary/aromatic N) is 2. The summed E-state index contributed by atoms with van der Waals surface area (Å²) in [6.45, 7) is 6.02. The molecule has 0 amide bonds. The molecular formula is C10H13N3O. The molecule has 0 saturated carbocycles. The lowest BCUT2D eigenvalue weighted by Gasteiger charge is -2.07. The summed E-state index contributed by atoms with van der Waals surface area (Å²) in [7, 11) is 0. The van der Waals surface area contributed by atoms with Crippen LogP contribution in [0.25, 0.3) is 11.1 Å². The summed E-state index contributed by atoms with van der Waals surface area (Å²) in [5.74, 6) is 0.659. The molecule has 0 atom stereocenters. The van der Waals surface area contributed by atoms with E-state index in [1.165, 1.54) is 0 Å². The second kappa shape index (κ2) is 3.29. The Morgan fingerprint density at radius 3 is 2.86 bits per heavy atom. The first-order chi connectivity index (χ1) is 6.66. The van der Waals surface area contributed by atoms with E-state index in [4.69, 9.17) is 4.42 Å². The fraction of sp³-hybridized carbons (Fsp3) is 0.400. The van der Waals surface area contributed by atoms with Crippen molar-refractivity contribution in [2.45, 2.75) is 26.8 Å². The number of nitrogens with one attached hydrogen (secondary N) is 1. The molecule has 2 heterocycles. The van der Waals surface area contributed by atoms with Gasteiger partial charge in [0.2, 0.25) is 5.95 Å². The molecule has 0 unspecified atom stereocenters. The van der Waals surface area contributed by atoms with Crippen molar-refractivity contribution >= 4 is 17.0 Å². The maximum atomic E-state index is 5.26. The van der Waals surface area contributed by atoms with Gasteiger partial charge in [0.15, 0.2) is 5.58 Å². The van der Waals surface area contributed by atoms with Crippen LogP contribution in [0.4, 0.5) is 5.95 Å². The van der Waals surface area contributed by atoms with Gasteiger partial charge in [-0.1, -0.05) is 0 Å². The Balaban J connectivity index is 2.47. The Bertz CT molecular complexity index is 448. The summed E-state index contributed by atoms with van der Waals surface area (Å²) < 4.78 is 5.26. The minimum Gasteiger partial charge on any atom is -0.461 e. The molecule has 14 heavy (non-hydrogen) atoms. The molecule has 0 aliphatic carbocycles. The first-order valence-corrected chi connectivity index (χ1v) is 4.65. The third kappa shape index (κ3) is 1.55. The second-order valence-electron chi connectivity index (χ2n) is 3.57. The molecule has 0 fully saturated rings. The van der Waals surface area contributed by atoms with E-state index in [2.05, 4.69) is 29.1 Å². The maximum Gasteiger partial charge on any atom is 0.223 e. The summed E-state index contributed by atoms with van der Waals surface area (Å²) in [6, 6.07) is 2.17. The van der Waals surface area contributed by atoms with E-state index in [1.807, 2.05) is 13.0 Å². The normalized spacial score (nSPS) is 11.1. The van der Waals surface area contributed by atoms with E-state index in [9.17, 15) is 0 Å². The third-order valence-electron chi connectivity index (χ3n) is 1.89. The van der Waals surface area contributed by atoms with Crippen LogP contribution in [0.1, 0.15) is 19.5 Å². The summed E-state index contributed by atoms with van der Waals surface area (Å²) in [6.07, 6.45) is 1.63. The van der Waals surface area contributed by atoms with E-state index in [1.54, 1.807) is 6.26 Å². The average molecular weight is 191 g/mol. The van der Waals surface area contributed by atoms with Crippen molar-refractivity contribution in [2.75, 3.05) is 5.32 Å². The van der Waals surface area contributed by atoms with Crippen LogP contribution < -0.4 is 5.32 Å². The summed E-state index contributed by atoms with van der Waals surface area (Å²) in [5.41, 5.74) is 2.48. The lowest BCUT2D eigenvalue weighted by molar-refractivity contribution is 0.610. The molecule has 4 nitrogen and oxygen atoms in total. The highest BCUT2D eigenvalue weighted by Crippen LogP contribution is 2.17. The van der Waals surface area contributed by atoms with Crippen LogP contribution in [0.3, 0.4) is 0 Å². The van der Waals surface area contributed by atoms with Gasteiger partial charge in [0.25, 0.3) is 0 Å². The zero-order valence-corrected chi connectivity index (χ0v) is 8.53. The van der Waals surface area contributed by atoms with Crippen molar-refractivity contribution in [1.82, 2.24) is 9.97 Å². The van der Waals surface area contributed by atoms with Crippen LogP contribution >= 0.6 is 0 Å². The number of rotatable bonds is 2. The van der Waals surface area contributed by atoms with Crippen molar-refractivity contribution in [3.63, 3.8) is 0 Å². The van der Waals surface area contributed by atoms with Gasteiger partial charge in [0, 0.05) is 12.1 Å².